The van der Waals surface area contributed by atoms with Crippen LogP contribution in [0.2, 0.25) is 0 Å². The molecule has 0 heterocycles. The molecule has 2 N–H and O–H groups in total. The van der Waals surface area contributed by atoms with E-state index >= 15 is 0 Å². The van der Waals surface area contributed by atoms with Gasteiger partial charge in [0.1, 0.15) is 0 Å². The zero-order chi connectivity index (χ0) is 14.8. The highest BCUT2D eigenvalue weighted by Crippen LogP contribution is 2.31. The summed E-state index contributed by atoms with van der Waals surface area (Å²) in [6.07, 6.45) is 4.48. The molecular formula is C17H27NO2. The number of benzene rings is 1. The van der Waals surface area contributed by atoms with Gasteiger partial charge in [-0.3, -0.25) is 4.79 Å². The molecule has 20 heavy (non-hydrogen) atoms. The maximum Gasteiger partial charge on any atom is 0.313 e. The first kappa shape index (κ1) is 16.7. The number of hydrogen-bond acceptors (Lipinski definition) is 3. The molecule has 3 heteroatoms. The predicted octanol–water partition coefficient (Wildman–Crippen LogP) is 3.32. The van der Waals surface area contributed by atoms with Gasteiger partial charge >= 0.3 is 5.97 Å². The first-order valence-corrected chi connectivity index (χ1v) is 7.59. The Hall–Kier alpha value is -1.35. The lowest BCUT2D eigenvalue weighted by Crippen LogP contribution is -2.40. The van der Waals surface area contributed by atoms with Crippen molar-refractivity contribution in [1.29, 1.82) is 0 Å². The third-order valence-electron chi connectivity index (χ3n) is 3.79. The molecule has 0 aliphatic heterocycles. The quantitative estimate of drug-likeness (QED) is 0.704. The standard InChI is InChI=1S/C17H27NO2/c1-3-12-17(14-18,16(19)20-4-2)13-8-11-15-9-6-5-7-10-15/h5-7,9-10H,3-4,8,11-14,18H2,1-2H3. The van der Waals surface area contributed by atoms with Crippen molar-refractivity contribution < 1.29 is 9.53 Å². The zero-order valence-corrected chi connectivity index (χ0v) is 12.7. The molecule has 112 valence electrons. The van der Waals surface area contributed by atoms with Gasteiger partial charge in [-0.15, -0.1) is 0 Å². The van der Waals surface area contributed by atoms with Crippen LogP contribution in [0.1, 0.15) is 45.1 Å². The van der Waals surface area contributed by atoms with Crippen LogP contribution in [0.25, 0.3) is 0 Å². The van der Waals surface area contributed by atoms with Crippen molar-refractivity contribution >= 4 is 5.97 Å². The Kier molecular flexibility index (Phi) is 7.31. The summed E-state index contributed by atoms with van der Waals surface area (Å²) >= 11 is 0. The number of hydrogen-bond donors (Lipinski definition) is 1. The molecule has 0 saturated carbocycles. The highest BCUT2D eigenvalue weighted by molar-refractivity contribution is 5.77. The topological polar surface area (TPSA) is 52.3 Å². The highest BCUT2D eigenvalue weighted by atomic mass is 16.5. The number of carbonyl (C=O) groups excluding carboxylic acids is 1. The molecule has 0 radical (unpaired) electrons. The maximum absolute atomic E-state index is 12.2. The van der Waals surface area contributed by atoms with Gasteiger partial charge in [-0.05, 0) is 38.2 Å². The summed E-state index contributed by atoms with van der Waals surface area (Å²) in [5.74, 6) is -0.127. The van der Waals surface area contributed by atoms with Crippen molar-refractivity contribution in [3.05, 3.63) is 35.9 Å². The van der Waals surface area contributed by atoms with Crippen LogP contribution in [-0.4, -0.2) is 19.1 Å². The summed E-state index contributed by atoms with van der Waals surface area (Å²) in [6.45, 7) is 4.72. The Labute approximate surface area is 122 Å². The summed E-state index contributed by atoms with van der Waals surface area (Å²) in [7, 11) is 0. The van der Waals surface area contributed by atoms with E-state index in [0.29, 0.717) is 13.2 Å². The van der Waals surface area contributed by atoms with Crippen LogP contribution in [0.5, 0.6) is 0 Å². The molecule has 0 spiro atoms. The summed E-state index contributed by atoms with van der Waals surface area (Å²) in [5, 5.41) is 0. The van der Waals surface area contributed by atoms with Crippen LogP contribution in [0.15, 0.2) is 30.3 Å². The normalized spacial score (nSPS) is 13.8. The van der Waals surface area contributed by atoms with Crippen LogP contribution < -0.4 is 5.73 Å². The minimum Gasteiger partial charge on any atom is -0.466 e. The Balaban J connectivity index is 2.62. The molecule has 0 fully saturated rings. The lowest BCUT2D eigenvalue weighted by atomic mass is 9.78. The third-order valence-corrected chi connectivity index (χ3v) is 3.79. The van der Waals surface area contributed by atoms with Gasteiger partial charge in [0.15, 0.2) is 0 Å². The van der Waals surface area contributed by atoms with E-state index in [2.05, 4.69) is 19.1 Å². The van der Waals surface area contributed by atoms with Crippen LogP contribution in [-0.2, 0) is 16.0 Å². The van der Waals surface area contributed by atoms with E-state index in [-0.39, 0.29) is 5.97 Å². The minimum absolute atomic E-state index is 0.127. The van der Waals surface area contributed by atoms with Gasteiger partial charge in [0.25, 0.3) is 0 Å². The van der Waals surface area contributed by atoms with Crippen molar-refractivity contribution in [2.45, 2.75) is 46.0 Å². The molecule has 1 rings (SSSR count). The van der Waals surface area contributed by atoms with E-state index in [9.17, 15) is 4.79 Å². The third kappa shape index (κ3) is 4.64. The van der Waals surface area contributed by atoms with E-state index in [4.69, 9.17) is 10.5 Å². The Morgan fingerprint density at radius 1 is 1.20 bits per heavy atom. The first-order chi connectivity index (χ1) is 9.68. The number of ether oxygens (including phenoxy) is 1. The smallest absolute Gasteiger partial charge is 0.313 e. The van der Waals surface area contributed by atoms with Gasteiger partial charge in [-0.1, -0.05) is 43.7 Å². The number of esters is 1. The van der Waals surface area contributed by atoms with Crippen molar-refractivity contribution in [1.82, 2.24) is 0 Å². The number of carbonyl (C=O) groups is 1. The van der Waals surface area contributed by atoms with Gasteiger partial charge in [0.2, 0.25) is 0 Å². The molecule has 0 aliphatic rings. The average molecular weight is 277 g/mol. The van der Waals surface area contributed by atoms with Crippen LogP contribution in [0.4, 0.5) is 0 Å². The monoisotopic (exact) mass is 277 g/mol. The summed E-state index contributed by atoms with van der Waals surface area (Å²) in [6, 6.07) is 10.3. The van der Waals surface area contributed by atoms with Crippen molar-refractivity contribution in [2.75, 3.05) is 13.2 Å². The molecule has 0 aromatic heterocycles. The van der Waals surface area contributed by atoms with Gasteiger partial charge < -0.3 is 10.5 Å². The average Bonchev–Trinajstić information content (AvgIpc) is 2.47. The van der Waals surface area contributed by atoms with Crippen LogP contribution in [0, 0.1) is 5.41 Å². The molecule has 3 nitrogen and oxygen atoms in total. The molecule has 0 aliphatic carbocycles. The molecular weight excluding hydrogens is 250 g/mol. The summed E-state index contributed by atoms with van der Waals surface area (Å²) in [5.41, 5.74) is 6.71. The van der Waals surface area contributed by atoms with Gasteiger partial charge in [0.05, 0.1) is 12.0 Å². The fourth-order valence-electron chi connectivity index (χ4n) is 2.65. The molecule has 1 aromatic rings. The number of nitrogens with two attached hydrogens (primary N) is 1. The Morgan fingerprint density at radius 2 is 1.90 bits per heavy atom. The van der Waals surface area contributed by atoms with Crippen LogP contribution in [0.3, 0.4) is 0 Å². The molecule has 1 aromatic carbocycles. The van der Waals surface area contributed by atoms with Gasteiger partial charge in [-0.25, -0.2) is 0 Å². The molecule has 1 atom stereocenters. The van der Waals surface area contributed by atoms with Crippen molar-refractivity contribution in [3.8, 4) is 0 Å². The lowest BCUT2D eigenvalue weighted by molar-refractivity contribution is -0.156. The summed E-state index contributed by atoms with van der Waals surface area (Å²) in [4.78, 5) is 12.2. The molecule has 1 unspecified atom stereocenters. The number of aryl methyl sites for hydroxylation is 1. The lowest BCUT2D eigenvalue weighted by Gasteiger charge is -2.29. The fourth-order valence-corrected chi connectivity index (χ4v) is 2.65. The van der Waals surface area contributed by atoms with Crippen molar-refractivity contribution in [2.24, 2.45) is 11.1 Å². The van der Waals surface area contributed by atoms with Gasteiger partial charge in [0, 0.05) is 6.54 Å². The van der Waals surface area contributed by atoms with Crippen molar-refractivity contribution in [3.63, 3.8) is 0 Å². The predicted molar refractivity (Wildman–Crippen MR) is 82.4 cm³/mol. The fraction of sp³-hybridized carbons (Fsp3) is 0.588. The molecule has 0 bridgehead atoms. The minimum atomic E-state index is -0.500. The van der Waals surface area contributed by atoms with Crippen LogP contribution >= 0.6 is 0 Å². The number of rotatable bonds is 9. The molecule has 0 saturated heterocycles. The second-order valence-electron chi connectivity index (χ2n) is 5.29. The largest absolute Gasteiger partial charge is 0.466 e. The highest BCUT2D eigenvalue weighted by Gasteiger charge is 2.37. The summed E-state index contributed by atoms with van der Waals surface area (Å²) < 4.78 is 5.23. The van der Waals surface area contributed by atoms with Gasteiger partial charge in [-0.2, -0.15) is 0 Å². The molecule has 0 amide bonds. The Bertz CT molecular complexity index is 391. The van der Waals surface area contributed by atoms with E-state index < -0.39 is 5.41 Å². The van der Waals surface area contributed by atoms with E-state index in [0.717, 1.165) is 32.1 Å². The maximum atomic E-state index is 12.2. The van der Waals surface area contributed by atoms with E-state index in [1.807, 2.05) is 25.1 Å². The first-order valence-electron chi connectivity index (χ1n) is 7.59. The van der Waals surface area contributed by atoms with E-state index in [1.54, 1.807) is 0 Å². The Morgan fingerprint density at radius 3 is 2.45 bits per heavy atom. The second kappa shape index (κ2) is 8.75. The zero-order valence-electron chi connectivity index (χ0n) is 12.7. The SMILES string of the molecule is CCCC(CN)(CCCc1ccccc1)C(=O)OCC. The second-order valence-corrected chi connectivity index (χ2v) is 5.29. The van der Waals surface area contributed by atoms with E-state index in [1.165, 1.54) is 5.56 Å².